The monoisotopic (exact) mass is 278 g/mol. The number of carbonyl (C=O) groups is 1. The van der Waals surface area contributed by atoms with Gasteiger partial charge >= 0.3 is 0 Å². The van der Waals surface area contributed by atoms with Gasteiger partial charge in [0.25, 0.3) is 20.6 Å². The van der Waals surface area contributed by atoms with Gasteiger partial charge < -0.3 is 5.32 Å². The third-order valence-corrected chi connectivity index (χ3v) is 3.28. The molecule has 92 valence electrons. The van der Waals surface area contributed by atoms with Crippen molar-refractivity contribution in [3.05, 3.63) is 33.9 Å². The molecular weight excluding hydrogens is 272 g/mol. The highest BCUT2D eigenvalue weighted by Gasteiger charge is 2.25. The first-order valence-electron chi connectivity index (χ1n) is 4.22. The average molecular weight is 279 g/mol. The average Bonchev–Trinajstić information content (AvgIpc) is 2.25. The molecule has 1 aromatic rings. The third-order valence-electron chi connectivity index (χ3n) is 1.91. The zero-order valence-corrected chi connectivity index (χ0v) is 10.1. The molecule has 0 aliphatic carbocycles. The van der Waals surface area contributed by atoms with Crippen molar-refractivity contribution in [2.45, 2.75) is 4.90 Å². The highest BCUT2D eigenvalue weighted by Crippen LogP contribution is 2.27. The molecule has 0 atom stereocenters. The number of benzene rings is 1. The minimum absolute atomic E-state index is 0.0248. The number of halogens is 1. The highest BCUT2D eigenvalue weighted by molar-refractivity contribution is 8.13. The molecule has 0 saturated heterocycles. The van der Waals surface area contributed by atoms with Crippen LogP contribution in [0.5, 0.6) is 0 Å². The quantitative estimate of drug-likeness (QED) is 0.502. The molecule has 9 heteroatoms. The van der Waals surface area contributed by atoms with E-state index < -0.39 is 30.5 Å². The number of nitrogens with one attached hydrogen (secondary N) is 1. The van der Waals surface area contributed by atoms with Crippen molar-refractivity contribution in [2.24, 2.45) is 0 Å². The highest BCUT2D eigenvalue weighted by atomic mass is 35.7. The topological polar surface area (TPSA) is 106 Å². The Morgan fingerprint density at radius 1 is 1.47 bits per heavy atom. The van der Waals surface area contributed by atoms with E-state index in [4.69, 9.17) is 10.7 Å². The van der Waals surface area contributed by atoms with Crippen LogP contribution in [-0.2, 0) is 9.05 Å². The van der Waals surface area contributed by atoms with Crippen LogP contribution in [0.15, 0.2) is 23.1 Å². The lowest BCUT2D eigenvalue weighted by molar-refractivity contribution is -0.387. The predicted molar refractivity (Wildman–Crippen MR) is 59.5 cm³/mol. The van der Waals surface area contributed by atoms with Crippen molar-refractivity contribution in [3.63, 3.8) is 0 Å². The van der Waals surface area contributed by atoms with E-state index in [0.717, 1.165) is 18.2 Å². The van der Waals surface area contributed by atoms with Crippen LogP contribution in [0, 0.1) is 10.1 Å². The molecule has 0 fully saturated rings. The molecule has 0 radical (unpaired) electrons. The molecule has 0 aliphatic heterocycles. The van der Waals surface area contributed by atoms with Crippen molar-refractivity contribution in [3.8, 4) is 0 Å². The summed E-state index contributed by atoms with van der Waals surface area (Å²) in [5.41, 5.74) is -0.760. The number of nitrogens with zero attached hydrogens (tertiary/aromatic N) is 1. The van der Waals surface area contributed by atoms with Crippen molar-refractivity contribution >= 4 is 31.3 Å². The summed E-state index contributed by atoms with van der Waals surface area (Å²) in [6.07, 6.45) is 0. The molecule has 0 aliphatic rings. The van der Waals surface area contributed by atoms with Gasteiger partial charge in [0, 0.05) is 29.4 Å². The van der Waals surface area contributed by atoms with Gasteiger partial charge in [-0.05, 0) is 12.1 Å². The Morgan fingerprint density at radius 2 is 2.06 bits per heavy atom. The van der Waals surface area contributed by atoms with Crippen LogP contribution >= 0.6 is 10.7 Å². The minimum atomic E-state index is -4.23. The number of carbonyl (C=O) groups excluding carboxylic acids is 1. The van der Waals surface area contributed by atoms with Crippen molar-refractivity contribution in [1.29, 1.82) is 0 Å². The van der Waals surface area contributed by atoms with Crippen molar-refractivity contribution < 1.29 is 18.1 Å². The van der Waals surface area contributed by atoms with Gasteiger partial charge in [-0.2, -0.15) is 0 Å². The van der Waals surface area contributed by atoms with Crippen LogP contribution < -0.4 is 5.32 Å². The molecule has 1 rings (SSSR count). The lowest BCUT2D eigenvalue weighted by atomic mass is 10.2. The summed E-state index contributed by atoms with van der Waals surface area (Å²) >= 11 is 0. The van der Waals surface area contributed by atoms with Crippen LogP contribution in [0.4, 0.5) is 5.69 Å². The Hall–Kier alpha value is -1.67. The largest absolute Gasteiger partial charge is 0.355 e. The number of nitro groups is 1. The molecule has 17 heavy (non-hydrogen) atoms. The molecule has 7 nitrogen and oxygen atoms in total. The maximum atomic E-state index is 11.2. The van der Waals surface area contributed by atoms with E-state index in [0.29, 0.717) is 0 Å². The van der Waals surface area contributed by atoms with Gasteiger partial charge in [-0.15, -0.1) is 0 Å². The summed E-state index contributed by atoms with van der Waals surface area (Å²) in [6.45, 7) is 0. The van der Waals surface area contributed by atoms with Crippen molar-refractivity contribution in [2.75, 3.05) is 7.05 Å². The van der Waals surface area contributed by atoms with Gasteiger partial charge in [0.1, 0.15) is 0 Å². The summed E-state index contributed by atoms with van der Waals surface area (Å²) in [7, 11) is 2.16. The lowest BCUT2D eigenvalue weighted by Crippen LogP contribution is -2.18. The summed E-state index contributed by atoms with van der Waals surface area (Å²) < 4.78 is 22.1. The van der Waals surface area contributed by atoms with Gasteiger partial charge in [0.2, 0.25) is 0 Å². The third kappa shape index (κ3) is 2.92. The van der Waals surface area contributed by atoms with Crippen LogP contribution in [0.1, 0.15) is 10.4 Å². The van der Waals surface area contributed by atoms with Gasteiger partial charge in [-0.3, -0.25) is 14.9 Å². The van der Waals surface area contributed by atoms with E-state index in [1.807, 2.05) is 0 Å². The van der Waals surface area contributed by atoms with E-state index in [9.17, 15) is 23.3 Å². The zero-order valence-electron chi connectivity index (χ0n) is 8.51. The second-order valence-corrected chi connectivity index (χ2v) is 5.49. The first kappa shape index (κ1) is 13.4. The molecule has 1 N–H and O–H groups in total. The predicted octanol–water partition coefficient (Wildman–Crippen LogP) is 0.882. The molecule has 0 spiro atoms. The SMILES string of the molecule is CNC(=O)c1ccc(S(=O)(=O)Cl)c([N+](=O)[O-])c1. The number of amides is 1. The first-order valence-corrected chi connectivity index (χ1v) is 6.53. The van der Waals surface area contributed by atoms with Crippen molar-refractivity contribution in [1.82, 2.24) is 5.32 Å². The molecule has 0 unspecified atom stereocenters. The van der Waals surface area contributed by atoms with Gasteiger partial charge in [-0.1, -0.05) is 0 Å². The Labute approximate surface area is 101 Å². The molecule has 0 heterocycles. The molecule has 1 amide bonds. The van der Waals surface area contributed by atoms with Gasteiger partial charge in [0.15, 0.2) is 4.90 Å². The van der Waals surface area contributed by atoms with E-state index >= 15 is 0 Å². The smallest absolute Gasteiger partial charge is 0.290 e. The van der Waals surface area contributed by atoms with Crippen LogP contribution in [0.2, 0.25) is 0 Å². The molecule has 0 bridgehead atoms. The second kappa shape index (κ2) is 4.68. The summed E-state index contributed by atoms with van der Waals surface area (Å²) in [4.78, 5) is 20.4. The molecule has 1 aromatic carbocycles. The zero-order chi connectivity index (χ0) is 13.2. The van der Waals surface area contributed by atoms with Gasteiger partial charge in [0.05, 0.1) is 4.92 Å². The fourth-order valence-corrected chi connectivity index (χ4v) is 2.16. The van der Waals surface area contributed by atoms with E-state index in [2.05, 4.69) is 5.32 Å². The Bertz CT molecular complexity index is 584. The van der Waals surface area contributed by atoms with Crippen LogP contribution in [0.25, 0.3) is 0 Å². The standard InChI is InChI=1S/C8H7ClN2O5S/c1-10-8(12)5-2-3-7(17(9,15)16)6(4-5)11(13)14/h2-4H,1H3,(H,10,12). The number of hydrogen-bond donors (Lipinski definition) is 1. The van der Waals surface area contributed by atoms with E-state index in [1.54, 1.807) is 0 Å². The Kier molecular flexibility index (Phi) is 3.69. The molecule has 0 aromatic heterocycles. The fraction of sp³-hybridized carbons (Fsp3) is 0.125. The summed E-state index contributed by atoms with van der Waals surface area (Å²) in [5, 5.41) is 12.9. The number of rotatable bonds is 3. The second-order valence-electron chi connectivity index (χ2n) is 2.96. The van der Waals surface area contributed by atoms with Gasteiger partial charge in [-0.25, -0.2) is 8.42 Å². The molecule has 0 saturated carbocycles. The maximum absolute atomic E-state index is 11.2. The number of hydrogen-bond acceptors (Lipinski definition) is 5. The lowest BCUT2D eigenvalue weighted by Gasteiger charge is -2.02. The Morgan fingerprint density at radius 3 is 2.47 bits per heavy atom. The summed E-state index contributed by atoms with van der Waals surface area (Å²) in [6, 6.07) is 2.92. The number of nitro benzene ring substituents is 1. The first-order chi connectivity index (χ1) is 7.77. The maximum Gasteiger partial charge on any atom is 0.290 e. The minimum Gasteiger partial charge on any atom is -0.355 e. The van der Waals surface area contributed by atoms with E-state index in [1.165, 1.54) is 7.05 Å². The summed E-state index contributed by atoms with van der Waals surface area (Å²) in [5.74, 6) is -0.563. The normalized spacial score (nSPS) is 10.9. The van der Waals surface area contributed by atoms with Crippen LogP contribution in [0.3, 0.4) is 0 Å². The van der Waals surface area contributed by atoms with E-state index in [-0.39, 0.29) is 5.56 Å². The molecular formula is C8H7ClN2O5S. The Balaban J connectivity index is 3.48. The fourth-order valence-electron chi connectivity index (χ4n) is 1.15. The van der Waals surface area contributed by atoms with Crippen LogP contribution in [-0.4, -0.2) is 26.3 Å².